The van der Waals surface area contributed by atoms with E-state index >= 15 is 0 Å². The molecule has 0 saturated heterocycles. The van der Waals surface area contributed by atoms with E-state index in [4.69, 9.17) is 14.2 Å². The molecule has 8 heteroatoms. The SMILES string of the molecule is CC/C=C/C=C/C=C/C=C/CCCCCC(=O)OC(COCCC(C(=O)O)[N+](C)(C)C)COC(=O)CCCC/C=C/C/C=C/C/C=C/C/C=C/C/C=C/CCCCC. The molecule has 0 aromatic heterocycles. The molecule has 0 rings (SSSR count). The van der Waals surface area contributed by atoms with Gasteiger partial charge in [0, 0.05) is 19.3 Å². The minimum atomic E-state index is -0.894. The molecule has 0 aromatic carbocycles. The van der Waals surface area contributed by atoms with Gasteiger partial charge in [-0.1, -0.05) is 142 Å². The summed E-state index contributed by atoms with van der Waals surface area (Å²) in [7, 11) is 5.48. The molecule has 0 aliphatic heterocycles. The van der Waals surface area contributed by atoms with Crippen LogP contribution in [0.15, 0.2) is 109 Å². The number of quaternary nitrogens is 1. The largest absolute Gasteiger partial charge is 0.477 e. The number of carbonyl (C=O) groups excluding carboxylic acids is 2. The minimum absolute atomic E-state index is 0.0229. The molecule has 0 amide bonds. The van der Waals surface area contributed by atoms with Crippen LogP contribution < -0.4 is 0 Å². The van der Waals surface area contributed by atoms with Crippen LogP contribution in [0.5, 0.6) is 0 Å². The molecule has 2 atom stereocenters. The number of esters is 2. The quantitative estimate of drug-likeness (QED) is 0.0219. The second-order valence-corrected chi connectivity index (χ2v) is 15.3. The lowest BCUT2D eigenvalue weighted by Crippen LogP contribution is -2.50. The molecule has 0 aromatic rings. The summed E-state index contributed by atoms with van der Waals surface area (Å²) >= 11 is 0. The maximum atomic E-state index is 12.7. The van der Waals surface area contributed by atoms with Gasteiger partial charge in [-0.25, -0.2) is 4.79 Å². The predicted molar refractivity (Wildman–Crippen MR) is 242 cm³/mol. The molecular formula is C50H80NO7+. The summed E-state index contributed by atoms with van der Waals surface area (Å²) in [5.74, 6) is -1.59. The van der Waals surface area contributed by atoms with Crippen molar-refractivity contribution in [2.24, 2.45) is 0 Å². The van der Waals surface area contributed by atoms with Gasteiger partial charge in [-0.2, -0.15) is 0 Å². The molecule has 0 bridgehead atoms. The lowest BCUT2D eigenvalue weighted by atomic mass is 10.1. The smallest absolute Gasteiger partial charge is 0.362 e. The number of rotatable bonds is 37. The van der Waals surface area contributed by atoms with Crippen molar-refractivity contribution < 1.29 is 38.2 Å². The van der Waals surface area contributed by atoms with Crippen molar-refractivity contribution in [2.45, 2.75) is 148 Å². The highest BCUT2D eigenvalue weighted by atomic mass is 16.6. The molecule has 0 aliphatic rings. The highest BCUT2D eigenvalue weighted by molar-refractivity contribution is 5.72. The molecule has 0 aliphatic carbocycles. The molecule has 1 N–H and O–H groups in total. The van der Waals surface area contributed by atoms with E-state index < -0.39 is 18.1 Å². The van der Waals surface area contributed by atoms with Crippen LogP contribution in [0, 0.1) is 0 Å². The maximum absolute atomic E-state index is 12.7. The first-order valence-corrected chi connectivity index (χ1v) is 22.0. The maximum Gasteiger partial charge on any atom is 0.362 e. The van der Waals surface area contributed by atoms with E-state index in [1.54, 1.807) is 0 Å². The average Bonchev–Trinajstić information content (AvgIpc) is 3.18. The first-order valence-electron chi connectivity index (χ1n) is 22.0. The van der Waals surface area contributed by atoms with E-state index in [1.807, 2.05) is 57.6 Å². The Morgan fingerprint density at radius 1 is 0.552 bits per heavy atom. The topological polar surface area (TPSA) is 99.1 Å². The van der Waals surface area contributed by atoms with Crippen molar-refractivity contribution in [1.82, 2.24) is 0 Å². The number of aliphatic carboxylic acids is 1. The second kappa shape index (κ2) is 39.8. The van der Waals surface area contributed by atoms with Gasteiger partial charge in [0.15, 0.2) is 12.1 Å². The predicted octanol–water partition coefficient (Wildman–Crippen LogP) is 12.1. The van der Waals surface area contributed by atoms with Crippen LogP contribution >= 0.6 is 0 Å². The molecular weight excluding hydrogens is 727 g/mol. The van der Waals surface area contributed by atoms with Gasteiger partial charge in [-0.15, -0.1) is 0 Å². The Hall–Kier alpha value is -4.01. The lowest BCUT2D eigenvalue weighted by molar-refractivity contribution is -0.887. The first kappa shape index (κ1) is 54.0. The third-order valence-corrected chi connectivity index (χ3v) is 9.00. The number of hydrogen-bond donors (Lipinski definition) is 1. The van der Waals surface area contributed by atoms with Crippen LogP contribution in [0.3, 0.4) is 0 Å². The van der Waals surface area contributed by atoms with Crippen LogP contribution in [-0.4, -0.2) is 80.6 Å². The third-order valence-electron chi connectivity index (χ3n) is 9.00. The highest BCUT2D eigenvalue weighted by Gasteiger charge is 2.31. The van der Waals surface area contributed by atoms with Crippen molar-refractivity contribution in [2.75, 3.05) is 41.0 Å². The Morgan fingerprint density at radius 2 is 1.03 bits per heavy atom. The van der Waals surface area contributed by atoms with Gasteiger partial charge < -0.3 is 23.8 Å². The Bertz CT molecular complexity index is 1310. The lowest BCUT2D eigenvalue weighted by Gasteiger charge is -2.31. The fourth-order valence-corrected chi connectivity index (χ4v) is 5.59. The zero-order chi connectivity index (χ0) is 42.8. The normalized spacial score (nSPS) is 14.0. The first-order chi connectivity index (χ1) is 28.1. The number of allylic oxidation sites excluding steroid dienone is 18. The molecule has 0 radical (unpaired) electrons. The number of carboxylic acids is 1. The van der Waals surface area contributed by atoms with Crippen LogP contribution in [0.4, 0.5) is 0 Å². The Morgan fingerprint density at radius 3 is 1.59 bits per heavy atom. The van der Waals surface area contributed by atoms with Crippen LogP contribution in [0.25, 0.3) is 0 Å². The number of ether oxygens (including phenoxy) is 3. The van der Waals surface area contributed by atoms with Gasteiger partial charge in [0.05, 0.1) is 34.4 Å². The molecule has 0 saturated carbocycles. The van der Waals surface area contributed by atoms with E-state index in [0.717, 1.165) is 64.2 Å². The number of carboxylic acid groups (broad SMARTS) is 1. The Labute approximate surface area is 353 Å². The Balaban J connectivity index is 4.48. The summed E-state index contributed by atoms with van der Waals surface area (Å²) in [6.07, 6.45) is 54.3. The molecule has 0 fully saturated rings. The van der Waals surface area contributed by atoms with Crippen molar-refractivity contribution >= 4 is 17.9 Å². The summed E-state index contributed by atoms with van der Waals surface area (Å²) in [6, 6.07) is -0.635. The van der Waals surface area contributed by atoms with E-state index in [-0.39, 0.29) is 49.1 Å². The minimum Gasteiger partial charge on any atom is -0.477 e. The second-order valence-electron chi connectivity index (χ2n) is 15.3. The van der Waals surface area contributed by atoms with Crippen LogP contribution in [0.1, 0.15) is 136 Å². The summed E-state index contributed by atoms with van der Waals surface area (Å²) in [6.45, 7) is 4.44. The van der Waals surface area contributed by atoms with Crippen LogP contribution in [-0.2, 0) is 28.6 Å². The van der Waals surface area contributed by atoms with Gasteiger partial charge in [0.25, 0.3) is 0 Å². The molecule has 0 spiro atoms. The fraction of sp³-hybridized carbons (Fsp3) is 0.580. The van der Waals surface area contributed by atoms with Crippen molar-refractivity contribution in [1.29, 1.82) is 0 Å². The number of carbonyl (C=O) groups is 3. The number of likely N-dealkylation sites (N-methyl/N-ethyl adjacent to an activating group) is 1. The average molecular weight is 807 g/mol. The molecule has 2 unspecified atom stereocenters. The highest BCUT2D eigenvalue weighted by Crippen LogP contribution is 2.11. The standard InChI is InChI=1S/C50H79NO7/c1-6-8-10-12-14-16-18-20-21-22-23-24-25-26-27-29-30-32-34-36-38-40-48(52)57-45-46(44-56-43-42-47(50(54)55)51(3,4)5)58-49(53)41-39-37-35-33-31-28-19-17-15-13-11-9-7-2/h9,11,13-17,19-21,23-24,26-28,30-32,46-47H,6-8,10,12,18,22,25,29,33-45H2,1-5H3/p+1/b11-9+,15-13+,16-14+,19-17+,21-20+,24-23+,27-26+,31-28+,32-30+. The van der Waals surface area contributed by atoms with Gasteiger partial charge in [-0.05, 0) is 83.5 Å². The van der Waals surface area contributed by atoms with Crippen molar-refractivity contribution in [3.63, 3.8) is 0 Å². The van der Waals surface area contributed by atoms with Crippen LogP contribution in [0.2, 0.25) is 0 Å². The summed E-state index contributed by atoms with van der Waals surface area (Å²) < 4.78 is 17.2. The molecule has 8 nitrogen and oxygen atoms in total. The van der Waals surface area contributed by atoms with Crippen molar-refractivity contribution in [3.05, 3.63) is 109 Å². The molecule has 58 heavy (non-hydrogen) atoms. The summed E-state index contributed by atoms with van der Waals surface area (Å²) in [5, 5.41) is 9.61. The number of unbranched alkanes of at least 4 members (excludes halogenated alkanes) is 8. The van der Waals surface area contributed by atoms with E-state index in [9.17, 15) is 19.5 Å². The van der Waals surface area contributed by atoms with Crippen molar-refractivity contribution in [3.8, 4) is 0 Å². The van der Waals surface area contributed by atoms with E-state index in [1.165, 1.54) is 25.7 Å². The summed E-state index contributed by atoms with van der Waals surface area (Å²) in [5.41, 5.74) is 0. The summed E-state index contributed by atoms with van der Waals surface area (Å²) in [4.78, 5) is 36.9. The number of nitrogens with zero attached hydrogens (tertiary/aromatic N) is 1. The van der Waals surface area contributed by atoms with Gasteiger partial charge in [-0.3, -0.25) is 9.59 Å². The van der Waals surface area contributed by atoms with E-state index in [2.05, 4.69) is 86.8 Å². The van der Waals surface area contributed by atoms with Gasteiger partial charge in [0.2, 0.25) is 0 Å². The number of hydrogen-bond acceptors (Lipinski definition) is 6. The van der Waals surface area contributed by atoms with Gasteiger partial charge in [0.1, 0.15) is 6.61 Å². The zero-order valence-electron chi connectivity index (χ0n) is 36.9. The van der Waals surface area contributed by atoms with Gasteiger partial charge >= 0.3 is 17.9 Å². The monoisotopic (exact) mass is 807 g/mol. The molecule has 0 heterocycles. The van der Waals surface area contributed by atoms with E-state index in [0.29, 0.717) is 19.3 Å². The Kier molecular flexibility index (Phi) is 37.0. The molecule has 326 valence electrons. The fourth-order valence-electron chi connectivity index (χ4n) is 5.59. The zero-order valence-corrected chi connectivity index (χ0v) is 36.9. The third kappa shape index (κ3) is 37.6.